The standard InChI is InChI=1S/C21H20ClN3OS/c1-13-7-8-14(2)16(11-13)19-9-10-21(25-24-19)27-12-20(26)23-18-6-4-5-17(22)15(18)3/h4-11H,12H2,1-3H3,(H,23,26). The SMILES string of the molecule is Cc1ccc(C)c(-c2ccc(SCC(=O)Nc3cccc(Cl)c3C)nn2)c1. The predicted octanol–water partition coefficient (Wildman–Crippen LogP) is 5.45. The highest BCUT2D eigenvalue weighted by molar-refractivity contribution is 7.99. The lowest BCUT2D eigenvalue weighted by Gasteiger charge is -2.09. The summed E-state index contributed by atoms with van der Waals surface area (Å²) in [5.74, 6) is 0.148. The van der Waals surface area contributed by atoms with E-state index in [4.69, 9.17) is 11.6 Å². The molecule has 2 aromatic carbocycles. The molecule has 138 valence electrons. The third-order valence-corrected chi connectivity index (χ3v) is 5.53. The Morgan fingerprint density at radius 1 is 1.07 bits per heavy atom. The molecular formula is C21H20ClN3OS. The van der Waals surface area contributed by atoms with Crippen LogP contribution in [0.3, 0.4) is 0 Å². The highest BCUT2D eigenvalue weighted by Crippen LogP contribution is 2.25. The van der Waals surface area contributed by atoms with Crippen molar-refractivity contribution in [3.63, 3.8) is 0 Å². The number of nitrogens with zero attached hydrogens (tertiary/aromatic N) is 2. The minimum atomic E-state index is -0.106. The zero-order valence-corrected chi connectivity index (χ0v) is 17.0. The molecule has 1 aromatic heterocycles. The van der Waals surface area contributed by atoms with Crippen molar-refractivity contribution in [2.45, 2.75) is 25.8 Å². The Bertz CT molecular complexity index is 974. The van der Waals surface area contributed by atoms with Gasteiger partial charge in [0.15, 0.2) is 0 Å². The number of aromatic nitrogens is 2. The fourth-order valence-corrected chi connectivity index (χ4v) is 3.41. The number of rotatable bonds is 5. The fraction of sp³-hybridized carbons (Fsp3) is 0.190. The van der Waals surface area contributed by atoms with Crippen molar-refractivity contribution in [2.24, 2.45) is 0 Å². The van der Waals surface area contributed by atoms with Crippen LogP contribution in [-0.2, 0) is 4.79 Å². The van der Waals surface area contributed by atoms with E-state index in [2.05, 4.69) is 47.6 Å². The molecule has 1 amide bonds. The van der Waals surface area contributed by atoms with Gasteiger partial charge in [-0.05, 0) is 62.2 Å². The molecule has 0 radical (unpaired) electrons. The van der Waals surface area contributed by atoms with Gasteiger partial charge in [0.25, 0.3) is 0 Å². The first-order valence-corrected chi connectivity index (χ1v) is 9.89. The molecule has 0 bridgehead atoms. The molecule has 27 heavy (non-hydrogen) atoms. The van der Waals surface area contributed by atoms with Gasteiger partial charge in [0.2, 0.25) is 5.91 Å². The number of aryl methyl sites for hydroxylation is 2. The smallest absolute Gasteiger partial charge is 0.234 e. The van der Waals surface area contributed by atoms with Crippen LogP contribution in [0.4, 0.5) is 5.69 Å². The quantitative estimate of drug-likeness (QED) is 0.581. The lowest BCUT2D eigenvalue weighted by Crippen LogP contribution is -2.15. The molecule has 0 spiro atoms. The summed E-state index contributed by atoms with van der Waals surface area (Å²) >= 11 is 7.43. The van der Waals surface area contributed by atoms with Crippen LogP contribution in [0.15, 0.2) is 53.6 Å². The number of carbonyl (C=O) groups is 1. The van der Waals surface area contributed by atoms with Gasteiger partial charge in [0.05, 0.1) is 11.4 Å². The number of hydrogen-bond donors (Lipinski definition) is 1. The van der Waals surface area contributed by atoms with Crippen molar-refractivity contribution in [3.8, 4) is 11.3 Å². The summed E-state index contributed by atoms with van der Waals surface area (Å²) < 4.78 is 0. The van der Waals surface area contributed by atoms with Crippen LogP contribution in [-0.4, -0.2) is 21.9 Å². The third kappa shape index (κ3) is 4.87. The number of carbonyl (C=O) groups excluding carboxylic acids is 1. The van der Waals surface area contributed by atoms with E-state index < -0.39 is 0 Å². The van der Waals surface area contributed by atoms with Gasteiger partial charge in [-0.2, -0.15) is 0 Å². The number of benzene rings is 2. The molecular weight excluding hydrogens is 378 g/mol. The van der Waals surface area contributed by atoms with Gasteiger partial charge in [-0.3, -0.25) is 4.79 Å². The number of hydrogen-bond acceptors (Lipinski definition) is 4. The summed E-state index contributed by atoms with van der Waals surface area (Å²) in [4.78, 5) is 12.2. The molecule has 0 saturated heterocycles. The van der Waals surface area contributed by atoms with Crippen LogP contribution in [0.5, 0.6) is 0 Å². The molecule has 0 fully saturated rings. The van der Waals surface area contributed by atoms with Crippen LogP contribution < -0.4 is 5.32 Å². The second-order valence-corrected chi connectivity index (χ2v) is 7.73. The highest BCUT2D eigenvalue weighted by Gasteiger charge is 2.09. The minimum Gasteiger partial charge on any atom is -0.325 e. The average Bonchev–Trinajstić information content (AvgIpc) is 2.66. The fourth-order valence-electron chi connectivity index (χ4n) is 2.62. The summed E-state index contributed by atoms with van der Waals surface area (Å²) in [7, 11) is 0. The lowest BCUT2D eigenvalue weighted by atomic mass is 10.0. The molecule has 0 aliphatic heterocycles. The Morgan fingerprint density at radius 3 is 2.63 bits per heavy atom. The van der Waals surface area contributed by atoms with Crippen molar-refractivity contribution < 1.29 is 4.79 Å². The first-order chi connectivity index (χ1) is 12.9. The Hall–Kier alpha value is -2.37. The van der Waals surface area contributed by atoms with Gasteiger partial charge in [0.1, 0.15) is 5.03 Å². The van der Waals surface area contributed by atoms with Crippen molar-refractivity contribution in [1.82, 2.24) is 10.2 Å². The topological polar surface area (TPSA) is 54.9 Å². The minimum absolute atomic E-state index is 0.106. The van der Waals surface area contributed by atoms with Crippen molar-refractivity contribution in [1.29, 1.82) is 0 Å². The summed E-state index contributed by atoms with van der Waals surface area (Å²) in [6, 6.07) is 15.6. The molecule has 4 nitrogen and oxygen atoms in total. The van der Waals surface area contributed by atoms with Gasteiger partial charge in [-0.1, -0.05) is 47.1 Å². The largest absolute Gasteiger partial charge is 0.325 e. The number of anilines is 1. The monoisotopic (exact) mass is 397 g/mol. The molecule has 0 aliphatic rings. The zero-order chi connectivity index (χ0) is 19.4. The average molecular weight is 398 g/mol. The van der Waals surface area contributed by atoms with Crippen LogP contribution in [0.2, 0.25) is 5.02 Å². The maximum atomic E-state index is 12.2. The van der Waals surface area contributed by atoms with Crippen molar-refractivity contribution in [3.05, 3.63) is 70.2 Å². The Morgan fingerprint density at radius 2 is 1.89 bits per heavy atom. The molecule has 0 saturated carbocycles. The number of amides is 1. The van der Waals surface area contributed by atoms with Gasteiger partial charge in [0, 0.05) is 16.3 Å². The molecule has 0 aliphatic carbocycles. The highest BCUT2D eigenvalue weighted by atomic mass is 35.5. The van der Waals surface area contributed by atoms with E-state index in [0.29, 0.717) is 10.0 Å². The molecule has 0 atom stereocenters. The van der Waals surface area contributed by atoms with Crippen molar-refractivity contribution in [2.75, 3.05) is 11.1 Å². The number of nitrogens with one attached hydrogen (secondary N) is 1. The van der Waals surface area contributed by atoms with Gasteiger partial charge in [-0.15, -0.1) is 10.2 Å². The van der Waals surface area contributed by atoms with E-state index in [-0.39, 0.29) is 11.7 Å². The summed E-state index contributed by atoms with van der Waals surface area (Å²) in [5, 5.41) is 12.8. The normalized spacial score (nSPS) is 10.7. The van der Waals surface area contributed by atoms with Crippen LogP contribution in [0.1, 0.15) is 16.7 Å². The van der Waals surface area contributed by atoms with Gasteiger partial charge < -0.3 is 5.32 Å². The van der Waals surface area contributed by atoms with Crippen molar-refractivity contribution >= 4 is 35.0 Å². The lowest BCUT2D eigenvalue weighted by molar-refractivity contribution is -0.113. The number of thioether (sulfide) groups is 1. The Kier molecular flexibility index (Phi) is 6.14. The van der Waals surface area contributed by atoms with Gasteiger partial charge in [-0.25, -0.2) is 0 Å². The molecule has 1 N–H and O–H groups in total. The zero-order valence-electron chi connectivity index (χ0n) is 15.4. The molecule has 0 unspecified atom stereocenters. The van der Waals surface area contributed by atoms with E-state index in [1.54, 1.807) is 6.07 Å². The van der Waals surface area contributed by atoms with E-state index in [1.165, 1.54) is 17.3 Å². The maximum Gasteiger partial charge on any atom is 0.234 e. The Labute approximate surface area is 168 Å². The van der Waals surface area contributed by atoms with E-state index in [9.17, 15) is 4.79 Å². The summed E-state index contributed by atoms with van der Waals surface area (Å²) in [6.07, 6.45) is 0. The second kappa shape index (κ2) is 8.55. The predicted molar refractivity (Wildman–Crippen MR) is 112 cm³/mol. The maximum absolute atomic E-state index is 12.2. The third-order valence-electron chi connectivity index (χ3n) is 4.20. The summed E-state index contributed by atoms with van der Waals surface area (Å²) in [6.45, 7) is 5.99. The Balaban J connectivity index is 1.62. The first-order valence-electron chi connectivity index (χ1n) is 8.53. The molecule has 3 rings (SSSR count). The van der Waals surface area contributed by atoms with Crippen LogP contribution in [0, 0.1) is 20.8 Å². The number of halogens is 1. The van der Waals surface area contributed by atoms with Crippen LogP contribution in [0.25, 0.3) is 11.3 Å². The van der Waals surface area contributed by atoms with E-state index >= 15 is 0 Å². The molecule has 3 aromatic rings. The first kappa shape index (κ1) is 19.4. The van der Waals surface area contributed by atoms with E-state index in [1.807, 2.05) is 31.2 Å². The molecule has 1 heterocycles. The van der Waals surface area contributed by atoms with Gasteiger partial charge >= 0.3 is 0 Å². The van der Waals surface area contributed by atoms with Crippen LogP contribution >= 0.6 is 23.4 Å². The van der Waals surface area contributed by atoms with E-state index in [0.717, 1.165) is 28.1 Å². The second-order valence-electron chi connectivity index (χ2n) is 6.32. The molecule has 6 heteroatoms. The summed E-state index contributed by atoms with van der Waals surface area (Å²) in [5.41, 5.74) is 5.84.